The summed E-state index contributed by atoms with van der Waals surface area (Å²) in [5.41, 5.74) is 0.0801. The van der Waals surface area contributed by atoms with Crippen LogP contribution in [0, 0.1) is 34.5 Å². The van der Waals surface area contributed by atoms with Crippen molar-refractivity contribution in [1.29, 1.82) is 0 Å². The van der Waals surface area contributed by atoms with Crippen LogP contribution in [0.1, 0.15) is 79.1 Å². The summed E-state index contributed by atoms with van der Waals surface area (Å²) in [6, 6.07) is 0. The smallest absolute Gasteiger partial charge is 0.302 e. The molecule has 0 heterocycles. The molecule has 0 N–H and O–H groups in total. The van der Waals surface area contributed by atoms with E-state index in [0.717, 1.165) is 44.9 Å². The van der Waals surface area contributed by atoms with Crippen LogP contribution in [-0.2, 0) is 23.9 Å². The number of carbonyl (C=O) groups excluding carboxylic acids is 3. The third-order valence-corrected chi connectivity index (χ3v) is 8.98. The summed E-state index contributed by atoms with van der Waals surface area (Å²) in [7, 11) is 0. The maximum Gasteiger partial charge on any atom is 0.302 e. The second-order valence-corrected chi connectivity index (χ2v) is 10.3. The van der Waals surface area contributed by atoms with Crippen molar-refractivity contribution in [3.05, 3.63) is 0 Å². The van der Waals surface area contributed by atoms with Gasteiger partial charge in [0.1, 0.15) is 18.0 Å². The van der Waals surface area contributed by atoms with Crippen LogP contribution < -0.4 is 0 Å². The Bertz CT molecular complexity index is 686. The average Bonchev–Trinajstić information content (AvgIpc) is 2.92. The molecule has 28 heavy (non-hydrogen) atoms. The molecule has 0 unspecified atom stereocenters. The molecule has 4 aliphatic carbocycles. The van der Waals surface area contributed by atoms with Gasteiger partial charge in [0.2, 0.25) is 0 Å². The zero-order chi connectivity index (χ0) is 20.3. The third-order valence-electron chi connectivity index (χ3n) is 8.98. The Kier molecular flexibility index (Phi) is 4.86. The van der Waals surface area contributed by atoms with E-state index < -0.39 is 0 Å². The number of esters is 2. The average molecular weight is 391 g/mol. The first-order valence-electron chi connectivity index (χ1n) is 11.0. The van der Waals surface area contributed by atoms with E-state index in [9.17, 15) is 14.4 Å². The molecule has 0 aromatic heterocycles. The topological polar surface area (TPSA) is 69.7 Å². The highest BCUT2D eigenvalue weighted by Gasteiger charge is 2.63. The Hall–Kier alpha value is -1.39. The summed E-state index contributed by atoms with van der Waals surface area (Å²) in [5.74, 6) is 1.12. The molecule has 0 aromatic carbocycles. The Morgan fingerprint density at radius 2 is 1.54 bits per heavy atom. The molecule has 0 bridgehead atoms. The van der Waals surface area contributed by atoms with E-state index in [1.807, 2.05) is 0 Å². The van der Waals surface area contributed by atoms with Gasteiger partial charge in [-0.25, -0.2) is 0 Å². The van der Waals surface area contributed by atoms with E-state index in [1.54, 1.807) is 0 Å². The summed E-state index contributed by atoms with van der Waals surface area (Å²) in [5, 5.41) is 0. The van der Waals surface area contributed by atoms with Gasteiger partial charge in [0.15, 0.2) is 0 Å². The van der Waals surface area contributed by atoms with E-state index in [1.165, 1.54) is 13.8 Å². The molecule has 4 rings (SSSR count). The number of hydrogen-bond acceptors (Lipinski definition) is 5. The fraction of sp³-hybridized carbons (Fsp3) is 0.870. The first-order valence-corrected chi connectivity index (χ1v) is 11.0. The van der Waals surface area contributed by atoms with E-state index >= 15 is 0 Å². The first kappa shape index (κ1) is 19.9. The molecular weight excluding hydrogens is 356 g/mol. The maximum atomic E-state index is 13.4. The molecule has 8 atom stereocenters. The molecule has 0 saturated heterocycles. The van der Waals surface area contributed by atoms with Gasteiger partial charge in [0.25, 0.3) is 0 Å². The molecule has 0 radical (unpaired) electrons. The van der Waals surface area contributed by atoms with Crippen molar-refractivity contribution in [1.82, 2.24) is 0 Å². The standard InChI is InChI=1S/C23H34O5/c1-13(24)27-16-7-9-22(3)15(11-16)12-19(26)21-17-5-6-20(28-14(2)25)23(17,4)10-8-18(21)22/h15-18,20-21H,5-12H2,1-4H3/t15-,16+,17-,18-,20+,21-,22+,23+/m1/s1. The third kappa shape index (κ3) is 3.00. The quantitative estimate of drug-likeness (QED) is 0.665. The van der Waals surface area contributed by atoms with E-state index in [2.05, 4.69) is 13.8 Å². The molecule has 0 spiro atoms. The molecule has 0 amide bonds. The number of fused-ring (bicyclic) bond motifs is 5. The first-order chi connectivity index (χ1) is 13.1. The van der Waals surface area contributed by atoms with Crippen LogP contribution in [0.2, 0.25) is 0 Å². The van der Waals surface area contributed by atoms with Crippen molar-refractivity contribution in [2.45, 2.75) is 91.3 Å². The summed E-state index contributed by atoms with van der Waals surface area (Å²) in [4.78, 5) is 36.3. The van der Waals surface area contributed by atoms with Crippen molar-refractivity contribution in [2.75, 3.05) is 0 Å². The monoisotopic (exact) mass is 390 g/mol. The lowest BCUT2D eigenvalue weighted by Crippen LogP contribution is -2.58. The number of hydrogen-bond donors (Lipinski definition) is 0. The Balaban J connectivity index is 1.57. The van der Waals surface area contributed by atoms with Crippen LogP contribution in [0.15, 0.2) is 0 Å². The Labute approximate surface area is 167 Å². The van der Waals surface area contributed by atoms with Gasteiger partial charge in [0.05, 0.1) is 0 Å². The number of ether oxygens (including phenoxy) is 2. The zero-order valence-electron chi connectivity index (χ0n) is 17.7. The number of ketones is 1. The van der Waals surface area contributed by atoms with Crippen molar-refractivity contribution in [3.8, 4) is 0 Å². The van der Waals surface area contributed by atoms with Gasteiger partial charge < -0.3 is 9.47 Å². The summed E-state index contributed by atoms with van der Waals surface area (Å²) in [6.07, 6.45) is 7.21. The number of carbonyl (C=O) groups is 3. The Morgan fingerprint density at radius 1 is 0.893 bits per heavy atom. The second-order valence-electron chi connectivity index (χ2n) is 10.3. The van der Waals surface area contributed by atoms with Gasteiger partial charge in [-0.15, -0.1) is 0 Å². The maximum absolute atomic E-state index is 13.4. The highest BCUT2D eigenvalue weighted by molar-refractivity contribution is 5.83. The lowest BCUT2D eigenvalue weighted by molar-refractivity contribution is -0.173. The van der Waals surface area contributed by atoms with Crippen molar-refractivity contribution < 1.29 is 23.9 Å². The molecule has 5 heteroatoms. The number of Topliss-reactive ketones (excluding diaryl/α,β-unsaturated/α-hetero) is 1. The highest BCUT2D eigenvalue weighted by Crippen LogP contribution is 2.65. The van der Waals surface area contributed by atoms with Crippen molar-refractivity contribution >= 4 is 17.7 Å². The van der Waals surface area contributed by atoms with Gasteiger partial charge in [0, 0.05) is 31.6 Å². The van der Waals surface area contributed by atoms with E-state index in [-0.39, 0.29) is 40.9 Å². The molecule has 0 aliphatic heterocycles. The van der Waals surface area contributed by atoms with Crippen molar-refractivity contribution in [2.24, 2.45) is 34.5 Å². The minimum Gasteiger partial charge on any atom is -0.463 e. The normalized spacial score (nSPS) is 47.5. The van der Waals surface area contributed by atoms with Gasteiger partial charge >= 0.3 is 11.9 Å². The molecule has 156 valence electrons. The SMILES string of the molecule is CC(=O)O[C@H]1CC[C@@]2(C)[C@@H](CC(=O)[C@H]3[C@H]2CC[C@]2(C)[C@@H](OC(C)=O)CC[C@H]32)C1. The van der Waals surface area contributed by atoms with E-state index in [0.29, 0.717) is 30.0 Å². The summed E-state index contributed by atoms with van der Waals surface area (Å²) < 4.78 is 11.2. The lowest BCUT2D eigenvalue weighted by atomic mass is 9.45. The minimum absolute atomic E-state index is 0.0337. The van der Waals surface area contributed by atoms with Crippen LogP contribution in [0.4, 0.5) is 0 Å². The molecular formula is C23H34O5. The molecule has 5 nitrogen and oxygen atoms in total. The van der Waals surface area contributed by atoms with Gasteiger partial charge in [-0.2, -0.15) is 0 Å². The largest absolute Gasteiger partial charge is 0.463 e. The summed E-state index contributed by atoms with van der Waals surface area (Å²) in [6.45, 7) is 7.58. The zero-order valence-corrected chi connectivity index (χ0v) is 17.7. The predicted octanol–water partition coefficient (Wildman–Crippen LogP) is 4.07. The van der Waals surface area contributed by atoms with Gasteiger partial charge in [-0.05, 0) is 68.1 Å². The van der Waals surface area contributed by atoms with Gasteiger partial charge in [-0.1, -0.05) is 13.8 Å². The lowest BCUT2D eigenvalue weighted by Gasteiger charge is -2.59. The van der Waals surface area contributed by atoms with Crippen LogP contribution in [-0.4, -0.2) is 29.9 Å². The van der Waals surface area contributed by atoms with Crippen LogP contribution in [0.5, 0.6) is 0 Å². The van der Waals surface area contributed by atoms with E-state index in [4.69, 9.17) is 9.47 Å². The molecule has 4 aliphatic rings. The summed E-state index contributed by atoms with van der Waals surface area (Å²) >= 11 is 0. The molecule has 4 saturated carbocycles. The highest BCUT2D eigenvalue weighted by atomic mass is 16.5. The number of rotatable bonds is 2. The van der Waals surface area contributed by atoms with Crippen LogP contribution in [0.25, 0.3) is 0 Å². The van der Waals surface area contributed by atoms with Crippen molar-refractivity contribution in [3.63, 3.8) is 0 Å². The predicted molar refractivity (Wildman–Crippen MR) is 103 cm³/mol. The second kappa shape index (κ2) is 6.84. The van der Waals surface area contributed by atoms with Gasteiger partial charge in [-0.3, -0.25) is 14.4 Å². The fourth-order valence-electron chi connectivity index (χ4n) is 7.58. The molecule has 4 fully saturated rings. The van der Waals surface area contributed by atoms with Crippen LogP contribution >= 0.6 is 0 Å². The minimum atomic E-state index is -0.218. The fourth-order valence-corrected chi connectivity index (χ4v) is 7.58. The molecule has 0 aromatic rings. The van der Waals surface area contributed by atoms with Crippen LogP contribution in [0.3, 0.4) is 0 Å². The Morgan fingerprint density at radius 3 is 2.21 bits per heavy atom.